The average Bonchev–Trinajstić information content (AvgIpc) is 2.17. The monoisotopic (exact) mass is 304 g/mol. The van der Waals surface area contributed by atoms with Crippen LogP contribution in [0.25, 0.3) is 0 Å². The van der Waals surface area contributed by atoms with Crippen molar-refractivity contribution in [3.8, 4) is 0 Å². The molecule has 0 bridgehead atoms. The van der Waals surface area contributed by atoms with Gasteiger partial charge in [-0.3, -0.25) is 0 Å². The molecular weight excluding hydrogens is 288 g/mol. The van der Waals surface area contributed by atoms with Gasteiger partial charge in [-0.1, -0.05) is 29.8 Å². The van der Waals surface area contributed by atoms with Crippen molar-refractivity contribution in [1.82, 2.24) is 0 Å². The molecule has 0 radical (unpaired) electrons. The molecule has 0 aliphatic rings. The van der Waals surface area contributed by atoms with Gasteiger partial charge in [0, 0.05) is 4.47 Å². The van der Waals surface area contributed by atoms with Gasteiger partial charge in [0.2, 0.25) is 0 Å². The van der Waals surface area contributed by atoms with Crippen molar-refractivity contribution in [2.45, 2.75) is 31.6 Å². The predicted molar refractivity (Wildman–Crippen MR) is 70.3 cm³/mol. The van der Waals surface area contributed by atoms with Crippen molar-refractivity contribution < 1.29 is 8.42 Å². The highest BCUT2D eigenvalue weighted by molar-refractivity contribution is 9.10. The summed E-state index contributed by atoms with van der Waals surface area (Å²) in [5.41, 5.74) is 0. The van der Waals surface area contributed by atoms with E-state index >= 15 is 0 Å². The molecule has 0 amide bonds. The number of benzene rings is 1. The first-order valence-electron chi connectivity index (χ1n) is 5.40. The topological polar surface area (TPSA) is 34.1 Å². The van der Waals surface area contributed by atoms with Crippen LogP contribution in [-0.2, 0) is 9.84 Å². The van der Waals surface area contributed by atoms with E-state index in [0.717, 1.165) is 17.3 Å². The Hall–Kier alpha value is -0.350. The Morgan fingerprint density at radius 3 is 2.25 bits per heavy atom. The second-order valence-corrected chi connectivity index (χ2v) is 7.33. The fourth-order valence-corrected chi connectivity index (χ4v) is 3.04. The van der Waals surface area contributed by atoms with Crippen LogP contribution >= 0.6 is 15.9 Å². The number of hydrogen-bond donors (Lipinski definition) is 0. The van der Waals surface area contributed by atoms with Gasteiger partial charge >= 0.3 is 0 Å². The zero-order valence-corrected chi connectivity index (χ0v) is 12.0. The van der Waals surface area contributed by atoms with E-state index in [1.165, 1.54) is 0 Å². The summed E-state index contributed by atoms with van der Waals surface area (Å²) in [6, 6.07) is 6.81. The Balaban J connectivity index is 2.67. The lowest BCUT2D eigenvalue weighted by Gasteiger charge is -2.06. The minimum atomic E-state index is -3.09. The molecule has 2 nitrogen and oxygen atoms in total. The molecule has 1 aromatic carbocycles. The molecule has 0 aromatic heterocycles. The van der Waals surface area contributed by atoms with E-state index in [1.807, 2.05) is 0 Å². The Bertz CT molecular complexity index is 421. The average molecular weight is 305 g/mol. The van der Waals surface area contributed by atoms with E-state index in [9.17, 15) is 8.42 Å². The van der Waals surface area contributed by atoms with Crippen molar-refractivity contribution in [3.63, 3.8) is 0 Å². The molecule has 0 spiro atoms. The largest absolute Gasteiger partial charge is 0.224 e. The summed E-state index contributed by atoms with van der Waals surface area (Å²) >= 11 is 3.29. The third kappa shape index (κ3) is 4.26. The van der Waals surface area contributed by atoms with Crippen molar-refractivity contribution in [2.75, 3.05) is 5.75 Å². The van der Waals surface area contributed by atoms with Gasteiger partial charge in [0.05, 0.1) is 10.6 Å². The molecule has 1 rings (SSSR count). The number of halogens is 1. The maximum atomic E-state index is 11.9. The fourth-order valence-electron chi connectivity index (χ4n) is 1.44. The second-order valence-electron chi connectivity index (χ2n) is 4.31. The maximum absolute atomic E-state index is 11.9. The molecule has 0 aliphatic carbocycles. The third-order valence-electron chi connectivity index (χ3n) is 2.37. The summed E-state index contributed by atoms with van der Waals surface area (Å²) in [5.74, 6) is 0.799. The van der Waals surface area contributed by atoms with E-state index < -0.39 is 9.84 Å². The maximum Gasteiger partial charge on any atom is 0.178 e. The van der Waals surface area contributed by atoms with E-state index in [0.29, 0.717) is 10.8 Å². The van der Waals surface area contributed by atoms with E-state index in [4.69, 9.17) is 0 Å². The van der Waals surface area contributed by atoms with E-state index in [-0.39, 0.29) is 5.75 Å². The Kier molecular flexibility index (Phi) is 4.99. The van der Waals surface area contributed by atoms with Gasteiger partial charge < -0.3 is 0 Å². The van der Waals surface area contributed by atoms with Gasteiger partial charge in [-0.05, 0) is 43.0 Å². The van der Waals surface area contributed by atoms with Crippen molar-refractivity contribution in [3.05, 3.63) is 28.7 Å². The molecule has 0 saturated heterocycles. The lowest BCUT2D eigenvalue weighted by atomic mass is 10.1. The Morgan fingerprint density at radius 1 is 1.19 bits per heavy atom. The summed E-state index contributed by atoms with van der Waals surface area (Å²) < 4.78 is 24.7. The van der Waals surface area contributed by atoms with Gasteiger partial charge in [0.25, 0.3) is 0 Å². The summed E-state index contributed by atoms with van der Waals surface area (Å²) in [6.45, 7) is 4.21. The molecular formula is C12H17BrO2S. The summed E-state index contributed by atoms with van der Waals surface area (Å²) in [4.78, 5) is 0.416. The van der Waals surface area contributed by atoms with Crippen LogP contribution in [0.15, 0.2) is 33.6 Å². The van der Waals surface area contributed by atoms with Crippen molar-refractivity contribution in [1.29, 1.82) is 0 Å². The standard InChI is InChI=1S/C12H17BrO2S/c1-10(2)4-3-9-16(14,15)12-7-5-11(13)6-8-12/h5-8,10H,3-4,9H2,1-2H3. The molecule has 90 valence electrons. The first kappa shape index (κ1) is 13.7. The molecule has 1 aromatic rings. The van der Waals surface area contributed by atoms with Crippen LogP contribution < -0.4 is 0 Å². The second kappa shape index (κ2) is 5.82. The molecule has 0 heterocycles. The lowest BCUT2D eigenvalue weighted by Crippen LogP contribution is -2.07. The van der Waals surface area contributed by atoms with Gasteiger partial charge in [-0.2, -0.15) is 0 Å². The molecule has 0 fully saturated rings. The van der Waals surface area contributed by atoms with Crippen molar-refractivity contribution in [2.24, 2.45) is 5.92 Å². The SMILES string of the molecule is CC(C)CCCS(=O)(=O)c1ccc(Br)cc1. The molecule has 0 unspecified atom stereocenters. The van der Waals surface area contributed by atoms with Crippen LogP contribution in [0.3, 0.4) is 0 Å². The highest BCUT2D eigenvalue weighted by atomic mass is 79.9. The molecule has 0 aliphatic heterocycles. The van der Waals surface area contributed by atoms with E-state index in [2.05, 4.69) is 29.8 Å². The number of sulfone groups is 1. The molecule has 0 atom stereocenters. The third-order valence-corrected chi connectivity index (χ3v) is 4.71. The summed E-state index contributed by atoms with van der Waals surface area (Å²) in [5, 5.41) is 0. The van der Waals surface area contributed by atoms with Gasteiger partial charge in [-0.25, -0.2) is 8.42 Å². The molecule has 4 heteroatoms. The van der Waals surface area contributed by atoms with Gasteiger partial charge in [0.15, 0.2) is 9.84 Å². The van der Waals surface area contributed by atoms with Crippen molar-refractivity contribution >= 4 is 25.8 Å². The summed E-state index contributed by atoms with van der Waals surface area (Å²) in [6.07, 6.45) is 1.69. The predicted octanol–water partition coefficient (Wildman–Crippen LogP) is 3.66. The smallest absolute Gasteiger partial charge is 0.178 e. The van der Waals surface area contributed by atoms with Crippen LogP contribution in [0, 0.1) is 5.92 Å². The first-order valence-corrected chi connectivity index (χ1v) is 7.84. The minimum absolute atomic E-state index is 0.243. The van der Waals surface area contributed by atoms with Crippen LogP contribution in [0.5, 0.6) is 0 Å². The highest BCUT2D eigenvalue weighted by Gasteiger charge is 2.13. The number of hydrogen-bond acceptors (Lipinski definition) is 2. The van der Waals surface area contributed by atoms with Crippen LogP contribution in [-0.4, -0.2) is 14.2 Å². The first-order chi connectivity index (χ1) is 7.42. The fraction of sp³-hybridized carbons (Fsp3) is 0.500. The normalized spacial score (nSPS) is 12.0. The number of rotatable bonds is 5. The molecule has 0 N–H and O–H groups in total. The molecule has 0 saturated carbocycles. The summed E-state index contributed by atoms with van der Waals surface area (Å²) in [7, 11) is -3.09. The zero-order chi connectivity index (χ0) is 12.2. The van der Waals surface area contributed by atoms with E-state index in [1.54, 1.807) is 24.3 Å². The van der Waals surface area contributed by atoms with Crippen LogP contribution in [0.1, 0.15) is 26.7 Å². The van der Waals surface area contributed by atoms with Gasteiger partial charge in [0.1, 0.15) is 0 Å². The van der Waals surface area contributed by atoms with Crippen LogP contribution in [0.4, 0.5) is 0 Å². The molecule has 16 heavy (non-hydrogen) atoms. The zero-order valence-electron chi connectivity index (χ0n) is 9.61. The lowest BCUT2D eigenvalue weighted by molar-refractivity contribution is 0.560. The Morgan fingerprint density at radius 2 is 1.75 bits per heavy atom. The van der Waals surface area contributed by atoms with Gasteiger partial charge in [-0.15, -0.1) is 0 Å². The minimum Gasteiger partial charge on any atom is -0.224 e. The Labute approximate surface area is 106 Å². The highest BCUT2D eigenvalue weighted by Crippen LogP contribution is 2.17. The van der Waals surface area contributed by atoms with Crippen LogP contribution in [0.2, 0.25) is 0 Å². The quantitative estimate of drug-likeness (QED) is 0.832.